The van der Waals surface area contributed by atoms with E-state index in [1.807, 2.05) is 64.1 Å². The number of hydrogen-bond donors (Lipinski definition) is 2. The van der Waals surface area contributed by atoms with Gasteiger partial charge in [0.1, 0.15) is 0 Å². The second kappa shape index (κ2) is 43.2. The van der Waals surface area contributed by atoms with Crippen LogP contribution in [0.4, 0.5) is 0 Å². The van der Waals surface area contributed by atoms with E-state index in [4.69, 9.17) is 10.0 Å². The van der Waals surface area contributed by atoms with Crippen LogP contribution in [0.3, 0.4) is 0 Å². The Kier molecular flexibility index (Phi) is 54.8. The summed E-state index contributed by atoms with van der Waals surface area (Å²) in [7, 11) is -1.34. The second-order valence-corrected chi connectivity index (χ2v) is 8.23. The maximum atomic E-state index is 8.58. The normalized spacial score (nSPS) is 7.84. The standard InChI is InChI=1S/C12H10.C7H8.C7H16.C6H7BO2.2C2H6.2CH3.2Y/c1-3-7-11(8-4-1)12-9-5-2-6-10-12;1-7-5-3-2-4-6-7;1-3-5-7-6-4-2;8-7(9)6-4-2-1-3-5-6;2*1-2;;;;/h1-10H;2-6H,1H3;3-7H2,1-2H3;1-5,8-9H;2*1-2H3;2*1H3;;/q;;;;;;2*-1;;. The first-order valence-electron chi connectivity index (χ1n) is 14.6. The Morgan fingerprint density at radius 3 is 0.953 bits per heavy atom. The van der Waals surface area contributed by atoms with E-state index in [9.17, 15) is 0 Å². The van der Waals surface area contributed by atoms with Crippen LogP contribution in [0.2, 0.25) is 0 Å². The van der Waals surface area contributed by atoms with E-state index in [1.165, 1.54) is 48.8 Å². The van der Waals surface area contributed by atoms with E-state index in [0.717, 1.165) is 0 Å². The first-order chi connectivity index (χ1) is 19.1. The predicted molar refractivity (Wildman–Crippen MR) is 189 cm³/mol. The van der Waals surface area contributed by atoms with Crippen molar-refractivity contribution in [3.8, 4) is 11.1 Å². The van der Waals surface area contributed by atoms with Crippen LogP contribution in [-0.2, 0) is 65.4 Å². The van der Waals surface area contributed by atoms with Crippen LogP contribution in [0, 0.1) is 21.8 Å². The summed E-state index contributed by atoms with van der Waals surface area (Å²) >= 11 is 0. The van der Waals surface area contributed by atoms with Crippen LogP contribution in [0.1, 0.15) is 79.2 Å². The summed E-state index contributed by atoms with van der Waals surface area (Å²) < 4.78 is 0. The summed E-state index contributed by atoms with van der Waals surface area (Å²) in [5.74, 6) is 0. The van der Waals surface area contributed by atoms with Gasteiger partial charge in [-0.2, -0.15) is 0 Å². The zero-order valence-electron chi connectivity index (χ0n) is 28.7. The van der Waals surface area contributed by atoms with Gasteiger partial charge in [0.15, 0.2) is 0 Å². The number of hydrogen-bond acceptors (Lipinski definition) is 2. The van der Waals surface area contributed by atoms with Gasteiger partial charge in [-0.25, -0.2) is 0 Å². The Bertz CT molecular complexity index is 930. The van der Waals surface area contributed by atoms with Gasteiger partial charge in [0, 0.05) is 65.4 Å². The van der Waals surface area contributed by atoms with Crippen LogP contribution in [0.25, 0.3) is 11.1 Å². The zero-order chi connectivity index (χ0) is 29.6. The molecule has 0 fully saturated rings. The summed E-state index contributed by atoms with van der Waals surface area (Å²) in [6.45, 7) is 14.6. The molecule has 0 bridgehead atoms. The predicted octanol–water partition coefficient (Wildman–Crippen LogP) is 10.6. The first-order valence-corrected chi connectivity index (χ1v) is 14.6. The molecule has 4 aromatic rings. The fourth-order valence-corrected chi connectivity index (χ4v) is 3.10. The van der Waals surface area contributed by atoms with Crippen LogP contribution in [-0.4, -0.2) is 17.2 Å². The van der Waals surface area contributed by atoms with E-state index in [0.29, 0.717) is 5.46 Å². The minimum Gasteiger partial charge on any atom is -0.423 e. The molecule has 0 aliphatic carbocycles. The maximum absolute atomic E-state index is 8.58. The van der Waals surface area contributed by atoms with Gasteiger partial charge >= 0.3 is 7.12 Å². The molecule has 0 saturated carbocycles. The average molecular weight is 737 g/mol. The molecule has 0 amide bonds. The molecule has 43 heavy (non-hydrogen) atoms. The Morgan fingerprint density at radius 1 is 0.465 bits per heavy atom. The van der Waals surface area contributed by atoms with E-state index in [2.05, 4.69) is 81.4 Å². The van der Waals surface area contributed by atoms with Gasteiger partial charge in [0.25, 0.3) is 0 Å². The van der Waals surface area contributed by atoms with Gasteiger partial charge < -0.3 is 24.9 Å². The summed E-state index contributed by atoms with van der Waals surface area (Å²) in [6, 6.07) is 39.7. The fourth-order valence-electron chi connectivity index (χ4n) is 3.10. The first kappa shape index (κ1) is 54.5. The Morgan fingerprint density at radius 2 is 0.744 bits per heavy atom. The topological polar surface area (TPSA) is 40.5 Å². The molecule has 4 aromatic carbocycles. The number of rotatable bonds is 6. The van der Waals surface area contributed by atoms with Gasteiger partial charge in [-0.05, 0) is 23.5 Å². The smallest absolute Gasteiger partial charge is 0.423 e. The van der Waals surface area contributed by atoms with Gasteiger partial charge in [-0.3, -0.25) is 0 Å². The van der Waals surface area contributed by atoms with Crippen LogP contribution in [0.15, 0.2) is 121 Å². The van der Waals surface area contributed by atoms with Crippen molar-refractivity contribution in [3.63, 3.8) is 0 Å². The molecule has 0 atom stereocenters. The Labute approximate surface area is 318 Å². The van der Waals surface area contributed by atoms with Crippen molar-refractivity contribution in [1.82, 2.24) is 0 Å². The third kappa shape index (κ3) is 33.8. The van der Waals surface area contributed by atoms with Gasteiger partial charge in [0.2, 0.25) is 0 Å². The molecule has 0 spiro atoms. The minimum atomic E-state index is -1.34. The van der Waals surface area contributed by atoms with Crippen molar-refractivity contribution in [2.75, 3.05) is 0 Å². The number of aryl methyl sites for hydroxylation is 1. The third-order valence-electron chi connectivity index (χ3n) is 5.13. The number of unbranched alkanes of at least 4 members (excludes halogenated alkanes) is 4. The van der Waals surface area contributed by atoms with Crippen molar-refractivity contribution < 1.29 is 75.5 Å². The number of benzene rings is 4. The van der Waals surface area contributed by atoms with Crippen molar-refractivity contribution >= 4 is 12.6 Å². The van der Waals surface area contributed by atoms with Crippen molar-refractivity contribution in [1.29, 1.82) is 0 Å². The monoisotopic (exact) mass is 736 g/mol. The van der Waals surface area contributed by atoms with E-state index in [1.54, 1.807) is 24.3 Å². The van der Waals surface area contributed by atoms with Crippen LogP contribution < -0.4 is 5.46 Å². The SMILES string of the molecule is CC.CC.CCCCCCC.Cc1ccccc1.OB(O)c1ccccc1.[CH3-].[CH3-].[Y].[Y].c1ccc(-c2ccccc2)cc1. The van der Waals surface area contributed by atoms with Crippen molar-refractivity contribution in [3.05, 3.63) is 142 Å². The van der Waals surface area contributed by atoms with E-state index in [-0.39, 0.29) is 80.3 Å². The summed E-state index contributed by atoms with van der Waals surface area (Å²) in [6.07, 6.45) is 7.01. The molecule has 5 heteroatoms. The van der Waals surface area contributed by atoms with E-state index < -0.39 is 7.12 Å². The summed E-state index contributed by atoms with van der Waals surface area (Å²) in [5.41, 5.74) is 4.40. The molecule has 0 unspecified atom stereocenters. The molecule has 0 saturated heterocycles. The molecular weight excluding hydrogens is 677 g/mol. The van der Waals surface area contributed by atoms with Gasteiger partial charge in [-0.1, -0.05) is 201 Å². The second-order valence-electron chi connectivity index (χ2n) is 8.23. The van der Waals surface area contributed by atoms with Gasteiger partial charge in [0.05, 0.1) is 0 Å². The van der Waals surface area contributed by atoms with Gasteiger partial charge in [-0.15, -0.1) is 0 Å². The zero-order valence-corrected chi connectivity index (χ0v) is 34.4. The third-order valence-corrected chi connectivity index (χ3v) is 5.13. The Hall–Kier alpha value is -0.927. The molecule has 2 nitrogen and oxygen atoms in total. The molecule has 2 N–H and O–H groups in total. The molecule has 234 valence electrons. The van der Waals surface area contributed by atoms with Crippen LogP contribution in [0.5, 0.6) is 0 Å². The molecule has 0 aliphatic heterocycles. The summed E-state index contributed by atoms with van der Waals surface area (Å²) in [5, 5.41) is 17.2. The Balaban J connectivity index is -0.000000101. The maximum Gasteiger partial charge on any atom is 0.488 e. The minimum absolute atomic E-state index is 0. The molecule has 0 aliphatic rings. The molecule has 0 heterocycles. The quantitative estimate of drug-likeness (QED) is 0.118. The molecule has 0 aromatic heterocycles. The molecule has 2 radical (unpaired) electrons. The van der Waals surface area contributed by atoms with E-state index >= 15 is 0 Å². The molecular formula is C38H59BO2Y2-2. The van der Waals surface area contributed by atoms with Crippen molar-refractivity contribution in [2.45, 2.75) is 80.6 Å². The fraction of sp³-hybridized carbons (Fsp3) is 0.316. The largest absolute Gasteiger partial charge is 0.488 e. The average Bonchev–Trinajstić information content (AvgIpc) is 3.02. The molecule has 4 rings (SSSR count). The van der Waals surface area contributed by atoms with Crippen molar-refractivity contribution in [2.24, 2.45) is 0 Å². The van der Waals surface area contributed by atoms with Crippen LogP contribution >= 0.6 is 0 Å². The summed E-state index contributed by atoms with van der Waals surface area (Å²) in [4.78, 5) is 0.